The quantitative estimate of drug-likeness (QED) is 0.893. The molecule has 0 unspecified atom stereocenters. The molecule has 1 N–H and O–H groups in total. The zero-order chi connectivity index (χ0) is 18.7. The van der Waals surface area contributed by atoms with Gasteiger partial charge in [-0.15, -0.1) is 0 Å². The number of carbonyl (C=O) groups excluding carboxylic acids is 2. The van der Waals surface area contributed by atoms with E-state index in [0.29, 0.717) is 18.0 Å². The number of anilines is 2. The van der Waals surface area contributed by atoms with E-state index in [1.807, 2.05) is 49.4 Å². The number of amides is 2. The normalized spacial score (nSPS) is 16.0. The molecule has 0 saturated heterocycles. The Morgan fingerprint density at radius 3 is 2.73 bits per heavy atom. The highest BCUT2D eigenvalue weighted by atomic mass is 16.5. The van der Waals surface area contributed by atoms with Gasteiger partial charge in [-0.25, -0.2) is 0 Å². The number of benzene rings is 2. The Hall–Kier alpha value is -2.82. The number of nitrogens with zero attached hydrogens (tertiary/aromatic N) is 1. The maximum atomic E-state index is 12.5. The highest BCUT2D eigenvalue weighted by Crippen LogP contribution is 2.33. The van der Waals surface area contributed by atoms with Crippen molar-refractivity contribution in [1.29, 1.82) is 0 Å². The summed E-state index contributed by atoms with van der Waals surface area (Å²) in [6.07, 6.45) is 0.532. The summed E-state index contributed by atoms with van der Waals surface area (Å²) >= 11 is 0. The first-order chi connectivity index (χ1) is 12.5. The molecule has 2 aromatic rings. The topological polar surface area (TPSA) is 58.6 Å². The highest BCUT2D eigenvalue weighted by Gasteiger charge is 2.31. The van der Waals surface area contributed by atoms with Crippen molar-refractivity contribution < 1.29 is 14.3 Å². The smallest absolute Gasteiger partial charge is 0.267 e. The number of ether oxygens (including phenoxy) is 1. The average Bonchev–Trinajstić information content (AvgIpc) is 2.63. The van der Waals surface area contributed by atoms with Crippen molar-refractivity contribution in [3.8, 4) is 5.75 Å². The Kier molecular flexibility index (Phi) is 5.26. The van der Waals surface area contributed by atoms with E-state index in [1.54, 1.807) is 11.8 Å². The lowest BCUT2D eigenvalue weighted by molar-refractivity contribution is -0.125. The minimum Gasteiger partial charge on any atom is -0.479 e. The number of rotatable bonds is 5. The maximum Gasteiger partial charge on any atom is 0.267 e. The van der Waals surface area contributed by atoms with Crippen molar-refractivity contribution in [2.45, 2.75) is 39.7 Å². The van der Waals surface area contributed by atoms with Crippen LogP contribution in [-0.4, -0.2) is 24.5 Å². The SMILES string of the molecule is CCc1cccc(C)c1NC(=O)CCN1C(=O)[C@@H](C)Oc2ccccc21. The van der Waals surface area contributed by atoms with Gasteiger partial charge >= 0.3 is 0 Å². The zero-order valence-electron chi connectivity index (χ0n) is 15.4. The number of aryl methyl sites for hydroxylation is 2. The maximum absolute atomic E-state index is 12.5. The molecule has 0 spiro atoms. The molecule has 2 amide bonds. The van der Waals surface area contributed by atoms with Crippen LogP contribution in [0, 0.1) is 6.92 Å². The summed E-state index contributed by atoms with van der Waals surface area (Å²) in [6.45, 7) is 6.10. The number of fused-ring (bicyclic) bond motifs is 1. The zero-order valence-corrected chi connectivity index (χ0v) is 15.4. The van der Waals surface area contributed by atoms with Crippen LogP contribution in [-0.2, 0) is 16.0 Å². The van der Waals surface area contributed by atoms with Crippen LogP contribution in [0.3, 0.4) is 0 Å². The van der Waals surface area contributed by atoms with Crippen LogP contribution in [0.15, 0.2) is 42.5 Å². The van der Waals surface area contributed by atoms with E-state index >= 15 is 0 Å². The lowest BCUT2D eigenvalue weighted by Gasteiger charge is -2.32. The molecule has 136 valence electrons. The van der Waals surface area contributed by atoms with Gasteiger partial charge in [0.2, 0.25) is 5.91 Å². The molecule has 26 heavy (non-hydrogen) atoms. The third-order valence-corrected chi connectivity index (χ3v) is 4.64. The summed E-state index contributed by atoms with van der Waals surface area (Å²) in [5.74, 6) is 0.451. The molecule has 0 fully saturated rings. The lowest BCUT2D eigenvalue weighted by Crippen LogP contribution is -2.45. The van der Waals surface area contributed by atoms with E-state index in [1.165, 1.54) is 0 Å². The predicted molar refractivity (Wildman–Crippen MR) is 103 cm³/mol. The summed E-state index contributed by atoms with van der Waals surface area (Å²) in [6, 6.07) is 13.4. The lowest BCUT2D eigenvalue weighted by atomic mass is 10.1. The van der Waals surface area contributed by atoms with E-state index in [9.17, 15) is 9.59 Å². The highest BCUT2D eigenvalue weighted by molar-refractivity contribution is 6.01. The Morgan fingerprint density at radius 1 is 1.19 bits per heavy atom. The largest absolute Gasteiger partial charge is 0.479 e. The van der Waals surface area contributed by atoms with Crippen molar-refractivity contribution in [2.24, 2.45) is 0 Å². The van der Waals surface area contributed by atoms with Gasteiger partial charge in [0.15, 0.2) is 6.10 Å². The fraction of sp³-hybridized carbons (Fsp3) is 0.333. The average molecular weight is 352 g/mol. The second kappa shape index (κ2) is 7.60. The molecule has 3 rings (SSSR count). The van der Waals surface area contributed by atoms with E-state index in [0.717, 1.165) is 23.2 Å². The molecule has 5 heteroatoms. The van der Waals surface area contributed by atoms with Crippen molar-refractivity contribution >= 4 is 23.2 Å². The van der Waals surface area contributed by atoms with Crippen molar-refractivity contribution in [3.63, 3.8) is 0 Å². The number of para-hydroxylation sites is 3. The standard InChI is InChI=1S/C21H24N2O3/c1-4-16-9-7-8-14(2)20(16)22-19(24)12-13-23-17-10-5-6-11-18(17)26-15(3)21(23)25/h5-11,15H,4,12-13H2,1-3H3,(H,22,24)/t15-/m1/s1. The summed E-state index contributed by atoms with van der Waals surface area (Å²) in [7, 11) is 0. The second-order valence-electron chi connectivity index (χ2n) is 6.48. The van der Waals surface area contributed by atoms with E-state index in [-0.39, 0.29) is 18.2 Å². The Balaban J connectivity index is 1.71. The van der Waals surface area contributed by atoms with Gasteiger partial charge in [0.1, 0.15) is 5.75 Å². The minimum atomic E-state index is -0.545. The van der Waals surface area contributed by atoms with Gasteiger partial charge in [-0.1, -0.05) is 37.3 Å². The number of hydrogen-bond acceptors (Lipinski definition) is 3. The summed E-state index contributed by atoms with van der Waals surface area (Å²) in [5, 5.41) is 3.01. The fourth-order valence-electron chi connectivity index (χ4n) is 3.21. The molecule has 5 nitrogen and oxygen atoms in total. The van der Waals surface area contributed by atoms with Crippen molar-refractivity contribution in [3.05, 3.63) is 53.6 Å². The second-order valence-corrected chi connectivity index (χ2v) is 6.48. The van der Waals surface area contributed by atoms with Crippen LogP contribution in [0.4, 0.5) is 11.4 Å². The van der Waals surface area contributed by atoms with Crippen LogP contribution in [0.2, 0.25) is 0 Å². The third kappa shape index (κ3) is 3.57. The molecule has 0 bridgehead atoms. The van der Waals surface area contributed by atoms with E-state index < -0.39 is 6.10 Å². The molecule has 0 saturated carbocycles. The predicted octanol–water partition coefficient (Wildman–Crippen LogP) is 3.70. The molecule has 0 aromatic heterocycles. The van der Waals surface area contributed by atoms with Crippen molar-refractivity contribution in [2.75, 3.05) is 16.8 Å². The van der Waals surface area contributed by atoms with Crippen molar-refractivity contribution in [1.82, 2.24) is 0 Å². The number of nitrogens with one attached hydrogen (secondary N) is 1. The summed E-state index contributed by atoms with van der Waals surface area (Å²) < 4.78 is 5.63. The monoisotopic (exact) mass is 352 g/mol. The third-order valence-electron chi connectivity index (χ3n) is 4.64. The van der Waals surface area contributed by atoms with Crippen LogP contribution in [0.1, 0.15) is 31.4 Å². The first-order valence-electron chi connectivity index (χ1n) is 8.96. The molecule has 2 aromatic carbocycles. The van der Waals surface area contributed by atoms with Crippen LogP contribution in [0.25, 0.3) is 0 Å². The molecule has 1 heterocycles. The minimum absolute atomic E-state index is 0.0987. The molecular weight excluding hydrogens is 328 g/mol. The first-order valence-corrected chi connectivity index (χ1v) is 8.96. The number of hydrogen-bond donors (Lipinski definition) is 1. The van der Waals surface area contributed by atoms with Gasteiger partial charge < -0.3 is 15.0 Å². The van der Waals surface area contributed by atoms with Gasteiger partial charge in [-0.05, 0) is 43.5 Å². The Bertz CT molecular complexity index is 832. The molecule has 0 aliphatic carbocycles. The number of carbonyl (C=O) groups is 2. The van der Waals surface area contributed by atoms with Gasteiger partial charge in [-0.2, -0.15) is 0 Å². The summed E-state index contributed by atoms with van der Waals surface area (Å²) in [5.41, 5.74) is 3.74. The molecule has 0 radical (unpaired) electrons. The van der Waals surface area contributed by atoms with Gasteiger partial charge in [0.05, 0.1) is 5.69 Å². The Morgan fingerprint density at radius 2 is 1.96 bits per heavy atom. The molecule has 1 aliphatic heterocycles. The molecule has 1 atom stereocenters. The van der Waals surface area contributed by atoms with Crippen LogP contribution >= 0.6 is 0 Å². The van der Waals surface area contributed by atoms with Crippen LogP contribution < -0.4 is 15.0 Å². The van der Waals surface area contributed by atoms with E-state index in [2.05, 4.69) is 12.2 Å². The molecule has 1 aliphatic rings. The Labute approximate surface area is 154 Å². The van der Waals surface area contributed by atoms with Gasteiger partial charge in [0.25, 0.3) is 5.91 Å². The summed E-state index contributed by atoms with van der Waals surface area (Å²) in [4.78, 5) is 26.6. The van der Waals surface area contributed by atoms with Gasteiger partial charge in [-0.3, -0.25) is 9.59 Å². The molecular formula is C21H24N2O3. The fourth-order valence-corrected chi connectivity index (χ4v) is 3.21. The van der Waals surface area contributed by atoms with Gasteiger partial charge in [0, 0.05) is 18.7 Å². The van der Waals surface area contributed by atoms with Crippen LogP contribution in [0.5, 0.6) is 5.75 Å². The first kappa shape index (κ1) is 18.0. The van der Waals surface area contributed by atoms with E-state index in [4.69, 9.17) is 4.74 Å².